The molecule has 0 unspecified atom stereocenters. The van der Waals surface area contributed by atoms with Gasteiger partial charge in [0.25, 0.3) is 0 Å². The van der Waals surface area contributed by atoms with Crippen molar-refractivity contribution in [3.63, 3.8) is 0 Å². The molecule has 1 aromatic heterocycles. The van der Waals surface area contributed by atoms with Crippen LogP contribution in [0.15, 0.2) is 47.6 Å². The van der Waals surface area contributed by atoms with Crippen molar-refractivity contribution in [2.24, 2.45) is 0 Å². The van der Waals surface area contributed by atoms with Gasteiger partial charge in [-0.25, -0.2) is 12.7 Å². The van der Waals surface area contributed by atoms with Crippen LogP contribution in [0.25, 0.3) is 0 Å². The third kappa shape index (κ3) is 3.50. The number of sulfonamides is 1. The summed E-state index contributed by atoms with van der Waals surface area (Å²) in [6.07, 6.45) is 3.93. The molecule has 2 rings (SSSR count). The Kier molecular flexibility index (Phi) is 4.44. The maximum absolute atomic E-state index is 12.4. The number of nitrogens with two attached hydrogens (primary N) is 1. The predicted octanol–water partition coefficient (Wildman–Crippen LogP) is 1.23. The fourth-order valence-corrected chi connectivity index (χ4v) is 3.04. The first-order valence-electron chi connectivity index (χ1n) is 6.35. The van der Waals surface area contributed by atoms with Crippen molar-refractivity contribution in [1.82, 2.24) is 9.29 Å². The number of anilines is 1. The largest absolute Gasteiger partial charge is 0.506 e. The summed E-state index contributed by atoms with van der Waals surface area (Å²) in [6.45, 7) is 0.340. The zero-order chi connectivity index (χ0) is 15.5. The van der Waals surface area contributed by atoms with Crippen LogP contribution in [0.4, 0.5) is 5.69 Å². The first-order valence-corrected chi connectivity index (χ1v) is 7.79. The van der Waals surface area contributed by atoms with E-state index in [2.05, 4.69) is 4.98 Å². The highest BCUT2D eigenvalue weighted by atomic mass is 32.2. The number of nitrogen functional groups attached to an aromatic ring is 1. The highest BCUT2D eigenvalue weighted by Gasteiger charge is 2.21. The molecule has 0 bridgehead atoms. The Morgan fingerprint density at radius 2 is 1.90 bits per heavy atom. The van der Waals surface area contributed by atoms with Gasteiger partial charge in [-0.3, -0.25) is 4.98 Å². The van der Waals surface area contributed by atoms with E-state index < -0.39 is 10.0 Å². The van der Waals surface area contributed by atoms with Gasteiger partial charge in [0.2, 0.25) is 10.0 Å². The second-order valence-corrected chi connectivity index (χ2v) is 6.70. The van der Waals surface area contributed by atoms with Crippen molar-refractivity contribution in [1.29, 1.82) is 0 Å². The molecule has 0 aliphatic rings. The number of aromatic hydroxyl groups is 1. The lowest BCUT2D eigenvalue weighted by Gasteiger charge is -2.17. The number of benzene rings is 1. The van der Waals surface area contributed by atoms with Crippen LogP contribution >= 0.6 is 0 Å². The molecule has 3 N–H and O–H groups in total. The van der Waals surface area contributed by atoms with E-state index in [1.165, 1.54) is 29.6 Å². The molecule has 0 fully saturated rings. The molecule has 1 aromatic carbocycles. The molecular weight excluding hydrogens is 290 g/mol. The van der Waals surface area contributed by atoms with Crippen molar-refractivity contribution >= 4 is 15.7 Å². The summed E-state index contributed by atoms with van der Waals surface area (Å²) in [4.78, 5) is 3.98. The fourth-order valence-electron chi connectivity index (χ4n) is 1.83. The number of pyridine rings is 1. The molecule has 112 valence electrons. The van der Waals surface area contributed by atoms with E-state index in [1.807, 2.05) is 12.1 Å². The monoisotopic (exact) mass is 307 g/mol. The van der Waals surface area contributed by atoms with Crippen LogP contribution in [0.5, 0.6) is 5.75 Å². The van der Waals surface area contributed by atoms with Crippen LogP contribution in [0.3, 0.4) is 0 Å². The number of phenols is 1. The Labute approximate surface area is 123 Å². The Morgan fingerprint density at radius 1 is 1.24 bits per heavy atom. The topological polar surface area (TPSA) is 96.5 Å². The Morgan fingerprint density at radius 3 is 2.52 bits per heavy atom. The summed E-state index contributed by atoms with van der Waals surface area (Å²) in [6, 6.07) is 7.56. The summed E-state index contributed by atoms with van der Waals surface area (Å²) in [5.41, 5.74) is 6.59. The summed E-state index contributed by atoms with van der Waals surface area (Å²) in [5.74, 6) is -0.131. The summed E-state index contributed by atoms with van der Waals surface area (Å²) < 4.78 is 26.0. The van der Waals surface area contributed by atoms with Crippen LogP contribution < -0.4 is 5.73 Å². The number of nitrogens with zero attached hydrogens (tertiary/aromatic N) is 2. The molecule has 21 heavy (non-hydrogen) atoms. The van der Waals surface area contributed by atoms with Crippen molar-refractivity contribution < 1.29 is 13.5 Å². The smallest absolute Gasteiger partial charge is 0.242 e. The van der Waals surface area contributed by atoms with Gasteiger partial charge in [-0.2, -0.15) is 0 Å². The SMILES string of the molecule is CN(CCc1ccncc1)S(=O)(=O)c1ccc(O)c(N)c1. The average Bonchev–Trinajstić information content (AvgIpc) is 2.48. The highest BCUT2D eigenvalue weighted by Crippen LogP contribution is 2.24. The zero-order valence-corrected chi connectivity index (χ0v) is 12.4. The minimum absolute atomic E-state index is 0.0404. The quantitative estimate of drug-likeness (QED) is 0.640. The van der Waals surface area contributed by atoms with Gasteiger partial charge in [0, 0.05) is 26.0 Å². The van der Waals surface area contributed by atoms with Crippen molar-refractivity contribution in [3.05, 3.63) is 48.3 Å². The van der Waals surface area contributed by atoms with Gasteiger partial charge in [0.15, 0.2) is 0 Å². The van der Waals surface area contributed by atoms with Crippen LogP contribution in [0.1, 0.15) is 5.56 Å². The van der Waals surface area contributed by atoms with E-state index >= 15 is 0 Å². The second-order valence-electron chi connectivity index (χ2n) is 4.65. The molecule has 0 atom stereocenters. The lowest BCUT2D eigenvalue weighted by Crippen LogP contribution is -2.29. The molecule has 0 spiro atoms. The normalized spacial score (nSPS) is 11.7. The van der Waals surface area contributed by atoms with E-state index in [0.29, 0.717) is 13.0 Å². The average molecular weight is 307 g/mol. The first-order chi connectivity index (χ1) is 9.91. The van der Waals surface area contributed by atoms with Crippen LogP contribution in [-0.4, -0.2) is 36.4 Å². The minimum Gasteiger partial charge on any atom is -0.506 e. The van der Waals surface area contributed by atoms with Gasteiger partial charge in [-0.15, -0.1) is 0 Å². The lowest BCUT2D eigenvalue weighted by molar-refractivity contribution is 0.470. The number of rotatable bonds is 5. The van der Waals surface area contributed by atoms with Gasteiger partial charge in [-0.1, -0.05) is 0 Å². The Balaban J connectivity index is 2.13. The maximum Gasteiger partial charge on any atom is 0.242 e. The molecular formula is C14H17N3O3S. The lowest BCUT2D eigenvalue weighted by atomic mass is 10.2. The number of phenolic OH excluding ortho intramolecular Hbond substituents is 1. The fraction of sp³-hybridized carbons (Fsp3) is 0.214. The predicted molar refractivity (Wildman–Crippen MR) is 80.3 cm³/mol. The molecule has 0 saturated heterocycles. The zero-order valence-electron chi connectivity index (χ0n) is 11.6. The molecule has 6 nitrogen and oxygen atoms in total. The third-order valence-electron chi connectivity index (χ3n) is 3.17. The van der Waals surface area contributed by atoms with Gasteiger partial charge >= 0.3 is 0 Å². The third-order valence-corrected chi connectivity index (χ3v) is 5.02. The summed E-state index contributed by atoms with van der Waals surface area (Å²) >= 11 is 0. The van der Waals surface area contributed by atoms with E-state index in [4.69, 9.17) is 5.73 Å². The molecule has 2 aromatic rings. The first kappa shape index (κ1) is 15.3. The van der Waals surface area contributed by atoms with Gasteiger partial charge < -0.3 is 10.8 Å². The maximum atomic E-state index is 12.4. The van der Waals surface area contributed by atoms with Gasteiger partial charge in [-0.05, 0) is 42.3 Å². The van der Waals surface area contributed by atoms with Crippen LogP contribution in [0, 0.1) is 0 Å². The van der Waals surface area contributed by atoms with E-state index in [1.54, 1.807) is 12.4 Å². The van der Waals surface area contributed by atoms with E-state index in [-0.39, 0.29) is 16.3 Å². The molecule has 7 heteroatoms. The van der Waals surface area contributed by atoms with Gasteiger partial charge in [0.1, 0.15) is 5.75 Å². The molecule has 1 heterocycles. The summed E-state index contributed by atoms with van der Waals surface area (Å²) in [7, 11) is -2.11. The van der Waals surface area contributed by atoms with Crippen molar-refractivity contribution in [3.8, 4) is 5.75 Å². The molecule has 0 amide bonds. The number of aromatic nitrogens is 1. The molecule has 0 saturated carbocycles. The number of hydrogen-bond acceptors (Lipinski definition) is 5. The minimum atomic E-state index is -3.62. The highest BCUT2D eigenvalue weighted by molar-refractivity contribution is 7.89. The molecule has 0 aliphatic carbocycles. The standard InChI is InChI=1S/C14H17N3O3S/c1-17(9-6-11-4-7-16-8-5-11)21(19,20)12-2-3-14(18)13(15)10-12/h2-5,7-8,10,18H,6,9,15H2,1H3. The van der Waals surface area contributed by atoms with Crippen molar-refractivity contribution in [2.75, 3.05) is 19.3 Å². The van der Waals surface area contributed by atoms with Gasteiger partial charge in [0.05, 0.1) is 10.6 Å². The number of likely N-dealkylation sites (N-methyl/N-ethyl adjacent to an activating group) is 1. The van der Waals surface area contributed by atoms with Crippen LogP contribution in [0.2, 0.25) is 0 Å². The summed E-state index contributed by atoms with van der Waals surface area (Å²) in [5, 5.41) is 9.36. The molecule has 0 radical (unpaired) electrons. The second kappa shape index (κ2) is 6.11. The number of hydrogen-bond donors (Lipinski definition) is 2. The van der Waals surface area contributed by atoms with Crippen molar-refractivity contribution in [2.45, 2.75) is 11.3 Å². The Hall–Kier alpha value is -2.12. The van der Waals surface area contributed by atoms with Crippen LogP contribution in [-0.2, 0) is 16.4 Å². The van der Waals surface area contributed by atoms with E-state index in [9.17, 15) is 13.5 Å². The Bertz CT molecular complexity index is 717. The van der Waals surface area contributed by atoms with E-state index in [0.717, 1.165) is 5.56 Å². The molecule has 0 aliphatic heterocycles.